The summed E-state index contributed by atoms with van der Waals surface area (Å²) in [5.41, 5.74) is 0.861. The molecule has 0 amide bonds. The Bertz CT molecular complexity index is 459. The molecule has 3 nitrogen and oxygen atoms in total. The zero-order valence-electron chi connectivity index (χ0n) is 9.21. The van der Waals surface area contributed by atoms with Crippen LogP contribution in [0.4, 0.5) is 5.69 Å². The van der Waals surface area contributed by atoms with Crippen molar-refractivity contribution in [3.63, 3.8) is 0 Å². The Morgan fingerprint density at radius 3 is 1.82 bits per heavy atom. The summed E-state index contributed by atoms with van der Waals surface area (Å²) in [4.78, 5) is 8.78. The van der Waals surface area contributed by atoms with Gasteiger partial charge in [-0.1, -0.05) is 36.4 Å². The highest BCUT2D eigenvalue weighted by molar-refractivity contribution is 7.86. The molecule has 0 aromatic heterocycles. The minimum atomic E-state index is -1.18. The zero-order chi connectivity index (χ0) is 12.5. The predicted molar refractivity (Wildman–Crippen MR) is 70.0 cm³/mol. The number of benzene rings is 2. The third kappa shape index (κ3) is 4.20. The lowest BCUT2D eigenvalue weighted by atomic mass is 10.3. The molecule has 1 atom stereocenters. The van der Waals surface area contributed by atoms with Crippen LogP contribution in [0.2, 0.25) is 0 Å². The summed E-state index contributed by atoms with van der Waals surface area (Å²) in [7, 11) is -1.18. The Morgan fingerprint density at radius 1 is 0.824 bits per heavy atom. The van der Waals surface area contributed by atoms with Gasteiger partial charge in [0.2, 0.25) is 0 Å². The third-order valence-electron chi connectivity index (χ3n) is 1.94. The van der Waals surface area contributed by atoms with Crippen molar-refractivity contribution in [2.75, 3.05) is 4.72 Å². The Balaban J connectivity index is 0.000000686. The van der Waals surface area contributed by atoms with Crippen molar-refractivity contribution >= 4 is 23.5 Å². The van der Waals surface area contributed by atoms with Crippen molar-refractivity contribution in [2.24, 2.45) is 0 Å². The number of nitrogens with one attached hydrogen (secondary N) is 1. The Hall–Kier alpha value is -1.94. The molecule has 88 valence electrons. The summed E-state index contributed by atoms with van der Waals surface area (Å²) in [6.45, 7) is 2.00. The van der Waals surface area contributed by atoms with E-state index in [0.717, 1.165) is 10.6 Å². The van der Waals surface area contributed by atoms with Crippen LogP contribution in [0.15, 0.2) is 65.6 Å². The average Bonchev–Trinajstić information content (AvgIpc) is 2.43. The van der Waals surface area contributed by atoms with E-state index in [0.29, 0.717) is 0 Å². The van der Waals surface area contributed by atoms with Crippen LogP contribution in [0.3, 0.4) is 0 Å². The fourth-order valence-corrected chi connectivity index (χ4v) is 2.09. The van der Waals surface area contributed by atoms with Crippen LogP contribution in [-0.2, 0) is 15.8 Å². The first-order valence-electron chi connectivity index (χ1n) is 4.93. The first-order chi connectivity index (χ1) is 8.36. The fourth-order valence-electron chi connectivity index (χ4n) is 1.22. The van der Waals surface area contributed by atoms with Crippen LogP contribution in [0.1, 0.15) is 0 Å². The molecule has 0 saturated carbocycles. The summed E-state index contributed by atoms with van der Waals surface area (Å²) in [6, 6.07) is 18.9. The molecule has 0 saturated heterocycles. The molecule has 2 rings (SSSR count). The first-order valence-corrected chi connectivity index (χ1v) is 6.08. The van der Waals surface area contributed by atoms with E-state index < -0.39 is 11.0 Å². The lowest BCUT2D eigenvalue weighted by molar-refractivity contribution is -0.0979. The van der Waals surface area contributed by atoms with E-state index in [1.165, 1.54) is 0 Å². The van der Waals surface area contributed by atoms with E-state index in [4.69, 9.17) is 4.79 Å². The molecule has 0 heterocycles. The normalized spacial score (nSPS) is 10.8. The highest BCUT2D eigenvalue weighted by Gasteiger charge is 2.01. The second-order valence-electron chi connectivity index (χ2n) is 3.05. The van der Waals surface area contributed by atoms with Crippen LogP contribution in [0.5, 0.6) is 0 Å². The molecule has 0 bridgehead atoms. The molecule has 2 aromatic carbocycles. The number of hydrogen-bond donors (Lipinski definition) is 1. The van der Waals surface area contributed by atoms with Crippen LogP contribution >= 0.6 is 0 Å². The molecule has 0 aliphatic carbocycles. The van der Waals surface area contributed by atoms with E-state index in [9.17, 15) is 4.21 Å². The molecular weight excluding hydrogens is 234 g/mol. The van der Waals surface area contributed by atoms with Gasteiger partial charge in [0.25, 0.3) is 0 Å². The van der Waals surface area contributed by atoms with E-state index in [-0.39, 0.29) is 0 Å². The molecule has 17 heavy (non-hydrogen) atoms. The van der Waals surface area contributed by atoms with Gasteiger partial charge < -0.3 is 9.52 Å². The minimum Gasteiger partial charge on any atom is -0.307 e. The van der Waals surface area contributed by atoms with Crippen molar-refractivity contribution in [1.29, 1.82) is 0 Å². The maximum atomic E-state index is 11.8. The van der Waals surface area contributed by atoms with Gasteiger partial charge in [0.1, 0.15) is 17.8 Å². The van der Waals surface area contributed by atoms with Crippen molar-refractivity contribution < 1.29 is 9.00 Å². The van der Waals surface area contributed by atoms with Crippen molar-refractivity contribution in [2.45, 2.75) is 4.90 Å². The van der Waals surface area contributed by atoms with Crippen LogP contribution in [-0.4, -0.2) is 11.0 Å². The van der Waals surface area contributed by atoms with E-state index >= 15 is 0 Å². The smallest absolute Gasteiger partial charge is 0.150 e. The molecule has 0 radical (unpaired) electrons. The van der Waals surface area contributed by atoms with Crippen molar-refractivity contribution in [3.8, 4) is 0 Å². The second-order valence-corrected chi connectivity index (χ2v) is 4.26. The number of carbonyl (C=O) groups is 1. The number of para-hydroxylation sites is 1. The van der Waals surface area contributed by atoms with E-state index in [1.807, 2.05) is 67.5 Å². The number of hydrogen-bond acceptors (Lipinski definition) is 2. The summed E-state index contributed by atoms with van der Waals surface area (Å²) in [6.07, 6.45) is 0. The van der Waals surface area contributed by atoms with E-state index in [1.54, 1.807) is 0 Å². The van der Waals surface area contributed by atoms with Gasteiger partial charge in [-0.2, -0.15) is 0 Å². The zero-order valence-corrected chi connectivity index (χ0v) is 10.0. The third-order valence-corrected chi connectivity index (χ3v) is 3.06. The Labute approximate surface area is 103 Å². The van der Waals surface area contributed by atoms with Gasteiger partial charge in [-0.15, -0.1) is 0 Å². The van der Waals surface area contributed by atoms with Crippen molar-refractivity contribution in [3.05, 3.63) is 60.7 Å². The number of anilines is 1. The lowest BCUT2D eigenvalue weighted by Crippen LogP contribution is -2.03. The monoisotopic (exact) mass is 247 g/mol. The van der Waals surface area contributed by atoms with Gasteiger partial charge in [-0.3, -0.25) is 0 Å². The topological polar surface area (TPSA) is 46.2 Å². The summed E-state index contributed by atoms with van der Waals surface area (Å²) < 4.78 is 14.7. The molecule has 2 aromatic rings. The molecular formula is C13H13NO2S. The predicted octanol–water partition coefficient (Wildman–Crippen LogP) is 2.64. The van der Waals surface area contributed by atoms with Crippen LogP contribution in [0.25, 0.3) is 0 Å². The fraction of sp³-hybridized carbons (Fsp3) is 0. The van der Waals surface area contributed by atoms with Gasteiger partial charge in [-0.25, -0.2) is 4.21 Å². The minimum absolute atomic E-state index is 0.779. The molecule has 0 fully saturated rings. The number of carbonyl (C=O) groups excluding carboxylic acids is 1. The molecule has 0 aliphatic rings. The maximum Gasteiger partial charge on any atom is 0.150 e. The summed E-state index contributed by atoms with van der Waals surface area (Å²) in [5.74, 6) is 0. The summed E-state index contributed by atoms with van der Waals surface area (Å²) >= 11 is 0. The Morgan fingerprint density at radius 2 is 1.29 bits per heavy atom. The van der Waals surface area contributed by atoms with Gasteiger partial charge >= 0.3 is 0 Å². The summed E-state index contributed by atoms with van der Waals surface area (Å²) in [5, 5.41) is 0. The Kier molecular flexibility index (Phi) is 5.68. The average molecular weight is 247 g/mol. The van der Waals surface area contributed by atoms with Crippen LogP contribution in [0, 0.1) is 0 Å². The van der Waals surface area contributed by atoms with Gasteiger partial charge in [0.15, 0.2) is 0 Å². The molecule has 0 aliphatic heterocycles. The molecule has 1 unspecified atom stereocenters. The van der Waals surface area contributed by atoms with Crippen LogP contribution < -0.4 is 4.72 Å². The van der Waals surface area contributed by atoms with Crippen molar-refractivity contribution in [1.82, 2.24) is 0 Å². The molecule has 4 heteroatoms. The maximum absolute atomic E-state index is 11.8. The highest BCUT2D eigenvalue weighted by Crippen LogP contribution is 2.11. The molecule has 1 N–H and O–H groups in total. The van der Waals surface area contributed by atoms with Gasteiger partial charge in [0, 0.05) is 5.69 Å². The first kappa shape index (κ1) is 13.1. The number of rotatable bonds is 3. The SMILES string of the molecule is C=O.O=S(Nc1ccccc1)c1ccccc1. The quantitative estimate of drug-likeness (QED) is 0.906. The highest BCUT2D eigenvalue weighted by atomic mass is 32.2. The second kappa shape index (κ2) is 7.35. The van der Waals surface area contributed by atoms with E-state index in [2.05, 4.69) is 4.72 Å². The van der Waals surface area contributed by atoms with Gasteiger partial charge in [-0.05, 0) is 24.3 Å². The standard InChI is InChI=1S/C12H11NOS.CH2O/c14-15(12-9-5-2-6-10-12)13-11-7-3-1-4-8-11;1-2/h1-10,13H;1H2. The largest absolute Gasteiger partial charge is 0.307 e. The van der Waals surface area contributed by atoms with Gasteiger partial charge in [0.05, 0.1) is 4.90 Å². The lowest BCUT2D eigenvalue weighted by Gasteiger charge is -2.04. The molecule has 0 spiro atoms.